The van der Waals surface area contributed by atoms with Crippen molar-refractivity contribution in [1.82, 2.24) is 0 Å². The minimum absolute atomic E-state index is 0.0394. The van der Waals surface area contributed by atoms with Gasteiger partial charge in [-0.15, -0.1) is 11.3 Å². The number of amides is 1. The van der Waals surface area contributed by atoms with Gasteiger partial charge >= 0.3 is 12.1 Å². The SMILES string of the molecule is CC.O=C(O)/C=C/c1ccc(NC(=O)c2cc(-c3ccccc3)c(C(F)(F)F)s2)cc1. The minimum atomic E-state index is -4.58. The summed E-state index contributed by atoms with van der Waals surface area (Å²) < 4.78 is 40.3. The number of aliphatic carboxylic acids is 1. The van der Waals surface area contributed by atoms with Crippen molar-refractivity contribution in [3.63, 3.8) is 0 Å². The van der Waals surface area contributed by atoms with Gasteiger partial charge in [0.25, 0.3) is 5.91 Å². The van der Waals surface area contributed by atoms with E-state index in [0.29, 0.717) is 28.2 Å². The summed E-state index contributed by atoms with van der Waals surface area (Å²) in [5.41, 5.74) is 1.32. The summed E-state index contributed by atoms with van der Waals surface area (Å²) in [5.74, 6) is -1.74. The third-order valence-corrected chi connectivity index (χ3v) is 5.06. The highest BCUT2D eigenvalue weighted by Crippen LogP contribution is 2.42. The molecule has 2 aromatic carbocycles. The highest BCUT2D eigenvalue weighted by atomic mass is 32.1. The van der Waals surface area contributed by atoms with Crippen molar-refractivity contribution in [2.24, 2.45) is 0 Å². The van der Waals surface area contributed by atoms with Crippen molar-refractivity contribution in [3.8, 4) is 11.1 Å². The summed E-state index contributed by atoms with van der Waals surface area (Å²) in [6.45, 7) is 4.00. The first-order valence-corrected chi connectivity index (χ1v) is 10.1. The molecule has 0 aliphatic rings. The number of halogens is 3. The molecule has 3 aromatic rings. The van der Waals surface area contributed by atoms with Crippen LogP contribution in [0.5, 0.6) is 0 Å². The highest BCUT2D eigenvalue weighted by molar-refractivity contribution is 7.14. The number of carboxylic acids is 1. The fourth-order valence-electron chi connectivity index (χ4n) is 2.58. The van der Waals surface area contributed by atoms with Crippen molar-refractivity contribution in [3.05, 3.63) is 82.1 Å². The van der Waals surface area contributed by atoms with Gasteiger partial charge in [0, 0.05) is 17.3 Å². The van der Waals surface area contributed by atoms with Crippen molar-refractivity contribution in [1.29, 1.82) is 0 Å². The number of nitrogens with one attached hydrogen (secondary N) is 1. The molecule has 8 heteroatoms. The van der Waals surface area contributed by atoms with Gasteiger partial charge in [0.2, 0.25) is 0 Å². The first kappa shape index (κ1) is 23.9. The maximum atomic E-state index is 13.4. The van der Waals surface area contributed by atoms with Gasteiger partial charge in [-0.1, -0.05) is 56.3 Å². The molecule has 3 rings (SSSR count). The summed E-state index contributed by atoms with van der Waals surface area (Å²) in [6.07, 6.45) is -2.22. The maximum Gasteiger partial charge on any atom is 0.426 e. The van der Waals surface area contributed by atoms with Gasteiger partial charge in [-0.3, -0.25) is 4.79 Å². The van der Waals surface area contributed by atoms with E-state index in [4.69, 9.17) is 5.11 Å². The van der Waals surface area contributed by atoms with Crippen molar-refractivity contribution >= 4 is 35.0 Å². The third kappa shape index (κ3) is 6.55. The maximum absolute atomic E-state index is 13.4. The van der Waals surface area contributed by atoms with Crippen LogP contribution in [-0.2, 0) is 11.0 Å². The quantitative estimate of drug-likeness (QED) is 0.422. The Morgan fingerprint density at radius 2 is 1.61 bits per heavy atom. The van der Waals surface area contributed by atoms with E-state index in [1.807, 2.05) is 13.8 Å². The van der Waals surface area contributed by atoms with Gasteiger partial charge in [-0.05, 0) is 35.4 Å². The van der Waals surface area contributed by atoms with Crippen molar-refractivity contribution in [2.45, 2.75) is 20.0 Å². The van der Waals surface area contributed by atoms with Crippen LogP contribution in [0.4, 0.5) is 18.9 Å². The molecule has 0 bridgehead atoms. The Morgan fingerprint density at radius 3 is 2.16 bits per heavy atom. The normalized spacial score (nSPS) is 11.0. The van der Waals surface area contributed by atoms with Gasteiger partial charge in [0.1, 0.15) is 4.88 Å². The number of carboxylic acid groups (broad SMARTS) is 1. The number of hydrogen-bond acceptors (Lipinski definition) is 3. The van der Waals surface area contributed by atoms with Crippen LogP contribution in [0, 0.1) is 0 Å². The summed E-state index contributed by atoms with van der Waals surface area (Å²) in [7, 11) is 0. The molecule has 0 saturated carbocycles. The molecule has 0 unspecified atom stereocenters. The van der Waals surface area contributed by atoms with E-state index in [0.717, 1.165) is 6.08 Å². The van der Waals surface area contributed by atoms with Crippen LogP contribution in [0.2, 0.25) is 0 Å². The molecule has 4 nitrogen and oxygen atoms in total. The zero-order valence-corrected chi connectivity index (χ0v) is 17.6. The molecule has 0 saturated heterocycles. The summed E-state index contributed by atoms with van der Waals surface area (Å²) in [4.78, 5) is 22.1. The van der Waals surface area contributed by atoms with Crippen LogP contribution in [0.25, 0.3) is 17.2 Å². The highest BCUT2D eigenvalue weighted by Gasteiger charge is 2.37. The van der Waals surface area contributed by atoms with Crippen LogP contribution in [0.3, 0.4) is 0 Å². The van der Waals surface area contributed by atoms with E-state index in [1.54, 1.807) is 42.5 Å². The molecule has 0 aliphatic heterocycles. The van der Waals surface area contributed by atoms with Crippen LogP contribution in [0.15, 0.2) is 66.7 Å². The lowest BCUT2D eigenvalue weighted by atomic mass is 10.1. The van der Waals surface area contributed by atoms with Gasteiger partial charge in [0.05, 0.1) is 4.88 Å². The predicted molar refractivity (Wildman–Crippen MR) is 117 cm³/mol. The van der Waals surface area contributed by atoms with E-state index in [1.165, 1.54) is 24.3 Å². The summed E-state index contributed by atoms with van der Waals surface area (Å²) in [6, 6.07) is 15.6. The van der Waals surface area contributed by atoms with Gasteiger partial charge in [-0.2, -0.15) is 13.2 Å². The molecule has 0 radical (unpaired) electrons. The fraction of sp³-hybridized carbons (Fsp3) is 0.130. The Hall–Kier alpha value is -3.39. The van der Waals surface area contributed by atoms with Crippen LogP contribution in [-0.4, -0.2) is 17.0 Å². The second kappa shape index (κ2) is 10.6. The lowest BCUT2D eigenvalue weighted by Crippen LogP contribution is -2.10. The molecule has 1 heterocycles. The zero-order chi connectivity index (χ0) is 23.0. The molecule has 1 amide bonds. The van der Waals surface area contributed by atoms with Gasteiger partial charge in [-0.25, -0.2) is 4.79 Å². The first-order chi connectivity index (χ1) is 14.7. The second-order valence-corrected chi connectivity index (χ2v) is 7.02. The molecule has 1 aromatic heterocycles. The molecule has 0 aliphatic carbocycles. The topological polar surface area (TPSA) is 66.4 Å². The molecule has 2 N–H and O–H groups in total. The molecule has 162 valence electrons. The average molecular weight is 447 g/mol. The van der Waals surface area contributed by atoms with E-state index in [9.17, 15) is 22.8 Å². The largest absolute Gasteiger partial charge is 0.478 e. The fourth-order valence-corrected chi connectivity index (χ4v) is 3.53. The zero-order valence-electron chi connectivity index (χ0n) is 16.7. The molecule has 0 spiro atoms. The van der Waals surface area contributed by atoms with Gasteiger partial charge < -0.3 is 10.4 Å². The average Bonchev–Trinajstić information content (AvgIpc) is 3.22. The Bertz CT molecular complexity index is 1060. The molecule has 0 atom stereocenters. The number of anilines is 1. The smallest absolute Gasteiger partial charge is 0.426 e. The lowest BCUT2D eigenvalue weighted by molar-refractivity contribution is -0.134. The first-order valence-electron chi connectivity index (χ1n) is 9.33. The Morgan fingerprint density at radius 1 is 1.00 bits per heavy atom. The number of hydrogen-bond donors (Lipinski definition) is 2. The van der Waals surface area contributed by atoms with Crippen molar-refractivity contribution < 1.29 is 27.9 Å². The predicted octanol–water partition coefficient (Wildman–Crippen LogP) is 6.81. The number of rotatable bonds is 5. The number of thiophene rings is 1. The molecule has 0 fully saturated rings. The number of benzene rings is 2. The number of alkyl halides is 3. The lowest BCUT2D eigenvalue weighted by Gasteiger charge is -2.07. The van der Waals surface area contributed by atoms with Crippen LogP contribution < -0.4 is 5.32 Å². The van der Waals surface area contributed by atoms with E-state index in [-0.39, 0.29) is 10.4 Å². The monoisotopic (exact) mass is 447 g/mol. The Labute approximate surface area is 181 Å². The Balaban J connectivity index is 0.00000166. The van der Waals surface area contributed by atoms with Crippen LogP contribution in [0.1, 0.15) is 34.0 Å². The second-order valence-electron chi connectivity index (χ2n) is 5.96. The molecular formula is C23H20F3NO3S. The molecular weight excluding hydrogens is 427 g/mol. The van der Waals surface area contributed by atoms with E-state index < -0.39 is 22.9 Å². The minimum Gasteiger partial charge on any atom is -0.478 e. The third-order valence-electron chi connectivity index (χ3n) is 3.89. The van der Waals surface area contributed by atoms with E-state index >= 15 is 0 Å². The summed E-state index contributed by atoms with van der Waals surface area (Å²) >= 11 is 0.390. The summed E-state index contributed by atoms with van der Waals surface area (Å²) in [5, 5.41) is 11.2. The van der Waals surface area contributed by atoms with Crippen molar-refractivity contribution in [2.75, 3.05) is 5.32 Å². The Kier molecular flexibility index (Phi) is 8.15. The van der Waals surface area contributed by atoms with Crippen LogP contribution >= 0.6 is 11.3 Å². The molecule has 31 heavy (non-hydrogen) atoms. The number of carbonyl (C=O) groups is 2. The van der Waals surface area contributed by atoms with E-state index in [2.05, 4.69) is 5.32 Å². The standard InChI is InChI=1S/C21H14F3NO3S.C2H6/c22-21(23,24)19-16(14-4-2-1-3-5-14)12-17(29-19)20(28)25-15-9-6-13(7-10-15)8-11-18(26)27;1-2/h1-12H,(H,25,28)(H,26,27);1-2H3/b11-8+;. The van der Waals surface area contributed by atoms with Gasteiger partial charge in [0.15, 0.2) is 0 Å². The number of carbonyl (C=O) groups excluding carboxylic acids is 1.